The number of carbonyl (C=O) groups excluding carboxylic acids is 2. The van der Waals surface area contributed by atoms with Gasteiger partial charge in [-0.05, 0) is 43.2 Å². The van der Waals surface area contributed by atoms with Crippen LogP contribution in [0.25, 0.3) is 0 Å². The molecule has 2 aliphatic rings. The van der Waals surface area contributed by atoms with E-state index in [0.29, 0.717) is 30.9 Å². The van der Waals surface area contributed by atoms with E-state index in [9.17, 15) is 18.8 Å². The zero-order valence-corrected chi connectivity index (χ0v) is 16.7. The summed E-state index contributed by atoms with van der Waals surface area (Å²) in [6.45, 7) is 6.50. The second kappa shape index (κ2) is 7.13. The van der Waals surface area contributed by atoms with Crippen LogP contribution in [-0.4, -0.2) is 46.2 Å². The van der Waals surface area contributed by atoms with Gasteiger partial charge < -0.3 is 14.8 Å². The van der Waals surface area contributed by atoms with E-state index in [1.807, 2.05) is 6.07 Å². The van der Waals surface area contributed by atoms with Crippen molar-refractivity contribution in [2.75, 3.05) is 19.6 Å². The maximum absolute atomic E-state index is 13.8. The molecule has 1 N–H and O–H groups in total. The van der Waals surface area contributed by atoms with E-state index in [1.165, 1.54) is 19.1 Å². The monoisotopic (exact) mass is 397 g/mol. The Labute approximate surface area is 168 Å². The second-order valence-electron chi connectivity index (χ2n) is 8.14. The number of pyridine rings is 1. The van der Waals surface area contributed by atoms with Gasteiger partial charge >= 0.3 is 0 Å². The molecule has 2 saturated heterocycles. The SMILES string of the molecule is CC(=O)N1C[C@H]2CN(C(=O)c3c(C)cc(C)[nH]c3=O)C[C@H]2[C@@H]1c1cccc(F)c1. The van der Waals surface area contributed by atoms with Gasteiger partial charge in [-0.2, -0.15) is 0 Å². The third kappa shape index (κ3) is 3.34. The molecule has 0 unspecified atom stereocenters. The maximum Gasteiger partial charge on any atom is 0.261 e. The first kappa shape index (κ1) is 19.4. The van der Waals surface area contributed by atoms with Gasteiger partial charge in [0, 0.05) is 44.1 Å². The number of aromatic nitrogens is 1. The minimum Gasteiger partial charge on any atom is -0.338 e. The van der Waals surface area contributed by atoms with Crippen molar-refractivity contribution >= 4 is 11.8 Å². The van der Waals surface area contributed by atoms with E-state index in [0.717, 1.165) is 5.56 Å². The van der Waals surface area contributed by atoms with Gasteiger partial charge in [-0.3, -0.25) is 14.4 Å². The van der Waals surface area contributed by atoms with Gasteiger partial charge in [0.05, 0.1) is 6.04 Å². The summed E-state index contributed by atoms with van der Waals surface area (Å²) in [6, 6.07) is 7.82. The fourth-order valence-electron chi connectivity index (χ4n) is 4.93. The van der Waals surface area contributed by atoms with Gasteiger partial charge in [-0.15, -0.1) is 0 Å². The van der Waals surface area contributed by atoms with Crippen LogP contribution in [0.4, 0.5) is 4.39 Å². The Bertz CT molecular complexity index is 1050. The first-order valence-electron chi connectivity index (χ1n) is 9.78. The van der Waals surface area contributed by atoms with Crippen LogP contribution < -0.4 is 5.56 Å². The highest BCUT2D eigenvalue weighted by Crippen LogP contribution is 2.45. The predicted molar refractivity (Wildman–Crippen MR) is 106 cm³/mol. The molecular weight excluding hydrogens is 373 g/mol. The number of amides is 2. The molecule has 1 aromatic carbocycles. The number of fused-ring (bicyclic) bond motifs is 1. The van der Waals surface area contributed by atoms with Crippen molar-refractivity contribution in [3.05, 3.63) is 68.9 Å². The Morgan fingerprint density at radius 3 is 2.55 bits per heavy atom. The number of carbonyl (C=O) groups is 2. The molecule has 3 heterocycles. The van der Waals surface area contributed by atoms with Crippen LogP contribution in [0.5, 0.6) is 0 Å². The summed E-state index contributed by atoms with van der Waals surface area (Å²) in [4.78, 5) is 43.9. The van der Waals surface area contributed by atoms with Gasteiger partial charge in [-0.25, -0.2) is 4.39 Å². The van der Waals surface area contributed by atoms with Crippen LogP contribution >= 0.6 is 0 Å². The third-order valence-electron chi connectivity index (χ3n) is 6.12. The van der Waals surface area contributed by atoms with Crippen LogP contribution in [0.15, 0.2) is 35.1 Å². The lowest BCUT2D eigenvalue weighted by Crippen LogP contribution is -2.38. The molecule has 1 aromatic heterocycles. The quantitative estimate of drug-likeness (QED) is 0.846. The third-order valence-corrected chi connectivity index (χ3v) is 6.12. The van der Waals surface area contributed by atoms with Crippen LogP contribution in [-0.2, 0) is 4.79 Å². The fraction of sp³-hybridized carbons (Fsp3) is 0.409. The van der Waals surface area contributed by atoms with Crippen molar-refractivity contribution in [2.24, 2.45) is 11.8 Å². The highest BCUT2D eigenvalue weighted by Gasteiger charge is 2.49. The lowest BCUT2D eigenvalue weighted by Gasteiger charge is -2.29. The van der Waals surface area contributed by atoms with Gasteiger partial charge in [0.2, 0.25) is 5.91 Å². The Kier molecular flexibility index (Phi) is 4.76. The Morgan fingerprint density at radius 2 is 1.90 bits per heavy atom. The molecule has 2 fully saturated rings. The number of rotatable bonds is 2. The molecule has 152 valence electrons. The van der Waals surface area contributed by atoms with Crippen LogP contribution in [0, 0.1) is 31.5 Å². The van der Waals surface area contributed by atoms with Crippen molar-refractivity contribution in [2.45, 2.75) is 26.8 Å². The number of nitrogens with one attached hydrogen (secondary N) is 1. The van der Waals surface area contributed by atoms with Crippen LogP contribution in [0.2, 0.25) is 0 Å². The summed E-state index contributed by atoms with van der Waals surface area (Å²) in [5.41, 5.74) is 1.90. The Morgan fingerprint density at radius 1 is 1.14 bits per heavy atom. The average Bonchev–Trinajstić information content (AvgIpc) is 3.18. The van der Waals surface area contributed by atoms with E-state index >= 15 is 0 Å². The number of benzene rings is 1. The average molecular weight is 397 g/mol. The van der Waals surface area contributed by atoms with Crippen molar-refractivity contribution in [1.29, 1.82) is 0 Å². The number of hydrogen-bond donors (Lipinski definition) is 1. The van der Waals surface area contributed by atoms with Crippen LogP contribution in [0.3, 0.4) is 0 Å². The molecule has 0 spiro atoms. The number of hydrogen-bond acceptors (Lipinski definition) is 3. The molecule has 0 radical (unpaired) electrons. The summed E-state index contributed by atoms with van der Waals surface area (Å²) >= 11 is 0. The van der Waals surface area contributed by atoms with E-state index < -0.39 is 0 Å². The zero-order chi connectivity index (χ0) is 20.9. The van der Waals surface area contributed by atoms with Crippen LogP contribution in [0.1, 0.15) is 40.1 Å². The molecule has 0 saturated carbocycles. The number of nitrogens with zero attached hydrogens (tertiary/aromatic N) is 2. The zero-order valence-electron chi connectivity index (χ0n) is 16.7. The Balaban J connectivity index is 1.64. The van der Waals surface area contributed by atoms with Gasteiger partial charge in [-0.1, -0.05) is 12.1 Å². The van der Waals surface area contributed by atoms with E-state index in [4.69, 9.17) is 0 Å². The smallest absolute Gasteiger partial charge is 0.261 e. The highest BCUT2D eigenvalue weighted by atomic mass is 19.1. The molecule has 2 amide bonds. The lowest BCUT2D eigenvalue weighted by molar-refractivity contribution is -0.130. The number of halogens is 1. The van der Waals surface area contributed by atoms with Gasteiger partial charge in [0.1, 0.15) is 11.4 Å². The predicted octanol–water partition coefficient (Wildman–Crippen LogP) is 2.42. The first-order chi connectivity index (χ1) is 13.8. The lowest BCUT2D eigenvalue weighted by atomic mass is 9.89. The molecule has 3 atom stereocenters. The largest absolute Gasteiger partial charge is 0.338 e. The number of aryl methyl sites for hydroxylation is 2. The minimum absolute atomic E-state index is 0.00878. The van der Waals surface area contributed by atoms with Gasteiger partial charge in [0.25, 0.3) is 11.5 Å². The summed E-state index contributed by atoms with van der Waals surface area (Å²) in [6.07, 6.45) is 0. The first-order valence-corrected chi connectivity index (χ1v) is 9.78. The molecule has 2 aliphatic heterocycles. The molecule has 4 rings (SSSR count). The molecule has 2 aromatic rings. The summed E-state index contributed by atoms with van der Waals surface area (Å²) in [5.74, 6) is -0.583. The minimum atomic E-state index is -0.378. The molecule has 0 aliphatic carbocycles. The summed E-state index contributed by atoms with van der Waals surface area (Å²) < 4.78 is 13.8. The molecular formula is C22H24FN3O3. The maximum atomic E-state index is 13.8. The standard InChI is InChI=1S/C22H24FN3O3/c1-12-7-13(2)24-21(28)19(12)22(29)25-9-16-10-26(14(3)27)20(18(16)11-25)15-5-4-6-17(23)8-15/h4-8,16,18,20H,9-11H2,1-3H3,(H,24,28)/t16-,18-,20+/m1/s1. The van der Waals surface area contributed by atoms with Crippen molar-refractivity contribution in [3.63, 3.8) is 0 Å². The summed E-state index contributed by atoms with van der Waals surface area (Å²) in [7, 11) is 0. The normalized spacial score (nSPS) is 23.4. The fourth-order valence-corrected chi connectivity index (χ4v) is 4.93. The molecule has 29 heavy (non-hydrogen) atoms. The molecule has 7 heteroatoms. The van der Waals surface area contributed by atoms with E-state index in [2.05, 4.69) is 4.98 Å². The van der Waals surface area contributed by atoms with Crippen molar-refractivity contribution in [1.82, 2.24) is 14.8 Å². The van der Waals surface area contributed by atoms with Crippen molar-refractivity contribution in [3.8, 4) is 0 Å². The molecule has 0 bridgehead atoms. The number of H-pyrrole nitrogens is 1. The summed E-state index contributed by atoms with van der Waals surface area (Å²) in [5, 5.41) is 0. The van der Waals surface area contributed by atoms with Gasteiger partial charge in [0.15, 0.2) is 0 Å². The topological polar surface area (TPSA) is 73.5 Å². The van der Waals surface area contributed by atoms with E-state index in [1.54, 1.807) is 35.8 Å². The highest BCUT2D eigenvalue weighted by molar-refractivity contribution is 5.95. The Hall–Kier alpha value is -2.96. The molecule has 6 nitrogen and oxygen atoms in total. The number of aromatic amines is 1. The second-order valence-corrected chi connectivity index (χ2v) is 8.14. The number of likely N-dealkylation sites (tertiary alicyclic amines) is 2. The van der Waals surface area contributed by atoms with E-state index in [-0.39, 0.29) is 46.6 Å². The van der Waals surface area contributed by atoms with Crippen molar-refractivity contribution < 1.29 is 14.0 Å².